The average Bonchev–Trinajstić information content (AvgIpc) is 2.90. The zero-order valence-electron chi connectivity index (χ0n) is 26.9. The first-order valence-electron chi connectivity index (χ1n) is 16.6. The molecule has 0 N–H and O–H groups in total. The fraction of sp³-hybridized carbons (Fsp3) is 0.763. The van der Waals surface area contributed by atoms with Crippen molar-refractivity contribution in [2.24, 2.45) is 56.2 Å². The number of ether oxygens (including phenoxy) is 1. The number of hydrogen-bond donors (Lipinski definition) is 0. The van der Waals surface area contributed by atoms with Crippen LogP contribution in [0.5, 0.6) is 0 Å². The van der Waals surface area contributed by atoms with Crippen molar-refractivity contribution in [1.29, 1.82) is 0 Å². The van der Waals surface area contributed by atoms with E-state index in [1.54, 1.807) is 5.57 Å². The maximum Gasteiger partial charge on any atom is 0.313 e. The summed E-state index contributed by atoms with van der Waals surface area (Å²) in [7, 11) is 0. The molecule has 40 heavy (non-hydrogen) atoms. The quantitative estimate of drug-likeness (QED) is 0.279. The van der Waals surface area contributed by atoms with Gasteiger partial charge in [0.15, 0.2) is 0 Å². The van der Waals surface area contributed by atoms with Gasteiger partial charge in [0.2, 0.25) is 0 Å². The van der Waals surface area contributed by atoms with Crippen LogP contribution < -0.4 is 0 Å². The summed E-state index contributed by atoms with van der Waals surface area (Å²) in [4.78, 5) is 14.2. The Kier molecular flexibility index (Phi) is 6.57. The molecule has 4 fully saturated rings. The summed E-state index contributed by atoms with van der Waals surface area (Å²) in [5.74, 6) is 2.73. The van der Waals surface area contributed by atoms with E-state index in [1.807, 2.05) is 18.2 Å². The van der Waals surface area contributed by atoms with Gasteiger partial charge in [-0.2, -0.15) is 0 Å². The predicted molar refractivity (Wildman–Crippen MR) is 164 cm³/mol. The van der Waals surface area contributed by atoms with Gasteiger partial charge in [-0.25, -0.2) is 0 Å². The second kappa shape index (κ2) is 9.21. The van der Waals surface area contributed by atoms with Crippen LogP contribution in [0.1, 0.15) is 125 Å². The molecule has 5 aliphatic carbocycles. The second-order valence-electron chi connectivity index (χ2n) is 17.2. The van der Waals surface area contributed by atoms with Crippen molar-refractivity contribution >= 4 is 5.97 Å². The zero-order valence-corrected chi connectivity index (χ0v) is 26.9. The van der Waals surface area contributed by atoms with Gasteiger partial charge in [-0.1, -0.05) is 97.4 Å². The van der Waals surface area contributed by atoms with E-state index in [4.69, 9.17) is 4.74 Å². The SMILES string of the molecule is C[C@H]1CC[C@@]2(C)C(CC[C@]3(C)C2CC=C2C4CC(C)(C)CC[C@]4(C(=O)OCc4ccccc4)CC[C@]23C)C1(C)C. The van der Waals surface area contributed by atoms with Crippen LogP contribution in [0.3, 0.4) is 0 Å². The van der Waals surface area contributed by atoms with Crippen molar-refractivity contribution in [2.75, 3.05) is 0 Å². The first-order valence-corrected chi connectivity index (χ1v) is 16.6. The summed E-state index contributed by atoms with van der Waals surface area (Å²) in [6, 6.07) is 10.2. The van der Waals surface area contributed by atoms with Gasteiger partial charge in [0.05, 0.1) is 5.41 Å². The highest BCUT2D eigenvalue weighted by Gasteiger charge is 2.69. The van der Waals surface area contributed by atoms with E-state index in [2.05, 4.69) is 73.6 Å². The van der Waals surface area contributed by atoms with Crippen LogP contribution >= 0.6 is 0 Å². The molecule has 6 rings (SSSR count). The molecule has 0 bridgehead atoms. The smallest absolute Gasteiger partial charge is 0.313 e. The minimum atomic E-state index is -0.359. The molecule has 0 spiro atoms. The number of allylic oxidation sites excluding steroid dienone is 2. The lowest BCUT2D eigenvalue weighted by Crippen LogP contribution is -2.64. The minimum absolute atomic E-state index is 0.0748. The third kappa shape index (κ3) is 3.89. The molecule has 1 aromatic carbocycles. The molecule has 0 radical (unpaired) electrons. The molecule has 0 saturated heterocycles. The fourth-order valence-corrected chi connectivity index (χ4v) is 11.7. The van der Waals surface area contributed by atoms with E-state index in [0.29, 0.717) is 28.8 Å². The van der Waals surface area contributed by atoms with Crippen LogP contribution in [0.4, 0.5) is 0 Å². The predicted octanol–water partition coefficient (Wildman–Crippen LogP) is 10.2. The van der Waals surface area contributed by atoms with Crippen LogP contribution in [0.25, 0.3) is 0 Å². The van der Waals surface area contributed by atoms with Crippen molar-refractivity contribution in [1.82, 2.24) is 0 Å². The standard InChI is InChI=1S/C38H56O2/c1-26-16-18-35(6)30(34(26,4)5)17-19-37(8)31(35)15-14-28-29-24-33(2,3)20-22-38(29,23-21-36(28,37)7)32(39)40-25-27-12-10-9-11-13-27/h9-14,26,29-31H,15-25H2,1-8H3/t26-,29?,30?,31?,35-,36+,37+,38-/m0/s1. The van der Waals surface area contributed by atoms with Crippen LogP contribution in [-0.4, -0.2) is 5.97 Å². The van der Waals surface area contributed by atoms with Gasteiger partial charge in [0, 0.05) is 0 Å². The summed E-state index contributed by atoms with van der Waals surface area (Å²) in [5, 5.41) is 0. The van der Waals surface area contributed by atoms with E-state index in [9.17, 15) is 4.79 Å². The molecular formula is C38H56O2. The Labute approximate surface area is 245 Å². The summed E-state index contributed by atoms with van der Waals surface area (Å²) in [6.07, 6.45) is 14.7. The molecule has 0 aromatic heterocycles. The Morgan fingerprint density at radius 3 is 2.27 bits per heavy atom. The fourth-order valence-electron chi connectivity index (χ4n) is 11.7. The number of carbonyl (C=O) groups excluding carboxylic acids is 1. The van der Waals surface area contributed by atoms with Gasteiger partial charge < -0.3 is 4.74 Å². The number of esters is 1. The molecule has 2 heteroatoms. The van der Waals surface area contributed by atoms with Crippen molar-refractivity contribution in [3.05, 3.63) is 47.5 Å². The first kappa shape index (κ1) is 28.5. The molecule has 0 heterocycles. The number of carbonyl (C=O) groups is 1. The largest absolute Gasteiger partial charge is 0.460 e. The van der Waals surface area contributed by atoms with Crippen molar-refractivity contribution < 1.29 is 9.53 Å². The van der Waals surface area contributed by atoms with Gasteiger partial charge in [0.1, 0.15) is 6.61 Å². The molecule has 220 valence electrons. The van der Waals surface area contributed by atoms with E-state index < -0.39 is 0 Å². The summed E-state index contributed by atoms with van der Waals surface area (Å²) < 4.78 is 6.19. The highest BCUT2D eigenvalue weighted by Crippen LogP contribution is 2.76. The highest BCUT2D eigenvalue weighted by molar-refractivity contribution is 5.79. The Morgan fingerprint density at radius 2 is 1.55 bits per heavy atom. The first-order chi connectivity index (χ1) is 18.7. The van der Waals surface area contributed by atoms with Gasteiger partial charge in [0.25, 0.3) is 0 Å². The summed E-state index contributed by atoms with van der Waals surface area (Å²) >= 11 is 0. The summed E-state index contributed by atoms with van der Waals surface area (Å²) in [5.41, 5.74) is 3.91. The maximum absolute atomic E-state index is 14.2. The molecule has 8 atom stereocenters. The molecular weight excluding hydrogens is 488 g/mol. The highest BCUT2D eigenvalue weighted by atomic mass is 16.5. The Bertz CT molecular complexity index is 1180. The number of fused-ring (bicyclic) bond motifs is 7. The summed E-state index contributed by atoms with van der Waals surface area (Å²) in [6.45, 7) is 20.9. The Balaban J connectivity index is 1.36. The monoisotopic (exact) mass is 544 g/mol. The van der Waals surface area contributed by atoms with Crippen molar-refractivity contribution in [2.45, 2.75) is 126 Å². The Morgan fingerprint density at radius 1 is 0.850 bits per heavy atom. The number of hydrogen-bond acceptors (Lipinski definition) is 2. The lowest BCUT2D eigenvalue weighted by molar-refractivity contribution is -0.197. The van der Waals surface area contributed by atoms with E-state index in [-0.39, 0.29) is 22.2 Å². The van der Waals surface area contributed by atoms with Crippen LogP contribution in [0.2, 0.25) is 0 Å². The zero-order chi connectivity index (χ0) is 28.8. The molecule has 0 aliphatic heterocycles. The molecule has 4 saturated carbocycles. The molecule has 0 amide bonds. The van der Waals surface area contributed by atoms with E-state index >= 15 is 0 Å². The maximum atomic E-state index is 14.2. The van der Waals surface area contributed by atoms with E-state index in [1.165, 1.54) is 32.1 Å². The van der Waals surface area contributed by atoms with Crippen LogP contribution in [0, 0.1) is 56.2 Å². The van der Waals surface area contributed by atoms with E-state index in [0.717, 1.165) is 55.4 Å². The lowest BCUT2D eigenvalue weighted by atomic mass is 9.33. The third-order valence-corrected chi connectivity index (χ3v) is 14.8. The topological polar surface area (TPSA) is 26.3 Å². The lowest BCUT2D eigenvalue weighted by Gasteiger charge is -2.71. The molecule has 2 nitrogen and oxygen atoms in total. The van der Waals surface area contributed by atoms with Gasteiger partial charge in [-0.15, -0.1) is 0 Å². The van der Waals surface area contributed by atoms with Crippen molar-refractivity contribution in [3.8, 4) is 0 Å². The second-order valence-corrected chi connectivity index (χ2v) is 17.2. The average molecular weight is 545 g/mol. The van der Waals surface area contributed by atoms with Crippen LogP contribution in [-0.2, 0) is 16.1 Å². The molecule has 3 unspecified atom stereocenters. The van der Waals surface area contributed by atoms with Crippen LogP contribution in [0.15, 0.2) is 42.0 Å². The Hall–Kier alpha value is -1.57. The normalized spacial score (nSPS) is 45.1. The minimum Gasteiger partial charge on any atom is -0.460 e. The molecule has 5 aliphatic rings. The van der Waals surface area contributed by atoms with Gasteiger partial charge in [-0.3, -0.25) is 4.79 Å². The van der Waals surface area contributed by atoms with Crippen molar-refractivity contribution in [3.63, 3.8) is 0 Å². The third-order valence-electron chi connectivity index (χ3n) is 14.8. The number of rotatable bonds is 3. The van der Waals surface area contributed by atoms with Gasteiger partial charge >= 0.3 is 5.97 Å². The number of benzene rings is 1. The molecule has 1 aromatic rings. The van der Waals surface area contributed by atoms with Gasteiger partial charge in [-0.05, 0) is 121 Å².